The maximum absolute atomic E-state index is 13.1. The predicted octanol–water partition coefficient (Wildman–Crippen LogP) is 3.39. The van der Waals surface area contributed by atoms with Gasteiger partial charge in [0.05, 0.1) is 6.04 Å². The van der Waals surface area contributed by atoms with E-state index in [1.54, 1.807) is 6.20 Å². The molecule has 5 nitrogen and oxygen atoms in total. The molecule has 1 saturated carbocycles. The molecule has 2 fully saturated rings. The van der Waals surface area contributed by atoms with Crippen LogP contribution in [0.15, 0.2) is 48.7 Å². The average Bonchev–Trinajstić information content (AvgIpc) is 3.47. The second kappa shape index (κ2) is 7.55. The lowest BCUT2D eigenvalue weighted by Crippen LogP contribution is -2.52. The van der Waals surface area contributed by atoms with Crippen molar-refractivity contribution in [3.63, 3.8) is 0 Å². The van der Waals surface area contributed by atoms with Crippen LogP contribution in [0, 0.1) is 5.82 Å². The first-order valence-corrected chi connectivity index (χ1v) is 9.56. The molecule has 2 aromatic rings. The Labute approximate surface area is 159 Å². The minimum absolute atomic E-state index is 0.0301. The van der Waals surface area contributed by atoms with Gasteiger partial charge in [0, 0.05) is 38.3 Å². The molecule has 2 amide bonds. The summed E-state index contributed by atoms with van der Waals surface area (Å²) in [5, 5.41) is 3.13. The van der Waals surface area contributed by atoms with Crippen molar-refractivity contribution in [2.24, 2.45) is 0 Å². The van der Waals surface area contributed by atoms with Crippen LogP contribution in [-0.2, 0) is 0 Å². The Kier molecular flexibility index (Phi) is 4.97. The number of amides is 2. The summed E-state index contributed by atoms with van der Waals surface area (Å²) in [7, 11) is 1.87. The third kappa shape index (κ3) is 4.04. The molecule has 0 spiro atoms. The minimum Gasteiger partial charge on any atom is -0.355 e. The van der Waals surface area contributed by atoms with E-state index in [2.05, 4.69) is 15.2 Å². The van der Waals surface area contributed by atoms with Crippen molar-refractivity contribution in [3.05, 3.63) is 60.0 Å². The van der Waals surface area contributed by atoms with E-state index in [-0.39, 0.29) is 23.9 Å². The Morgan fingerprint density at radius 3 is 2.81 bits per heavy atom. The molecule has 27 heavy (non-hydrogen) atoms. The van der Waals surface area contributed by atoms with Gasteiger partial charge in [-0.05, 0) is 49.1 Å². The first kappa shape index (κ1) is 17.8. The van der Waals surface area contributed by atoms with Crippen molar-refractivity contribution in [3.8, 4) is 0 Å². The van der Waals surface area contributed by atoms with Crippen LogP contribution in [0.5, 0.6) is 0 Å². The molecule has 0 bridgehead atoms. The Bertz CT molecular complexity index is 783. The van der Waals surface area contributed by atoms with E-state index in [1.807, 2.05) is 42.3 Å². The summed E-state index contributed by atoms with van der Waals surface area (Å²) in [6.07, 6.45) is 4.76. The summed E-state index contributed by atoms with van der Waals surface area (Å²) in [6, 6.07) is 12.8. The van der Waals surface area contributed by atoms with Gasteiger partial charge in [0.1, 0.15) is 11.6 Å². The first-order valence-electron chi connectivity index (χ1n) is 9.56. The number of rotatable bonds is 4. The third-order valence-electron chi connectivity index (χ3n) is 5.64. The standard InChI is InChI=1S/C21H25FN4O/c1-25(17-5-4-12-26(14-17)20-6-2-3-11-23-20)21(27)24-19-13-18(19)15-7-9-16(22)10-8-15/h2-3,6-11,17-19H,4-5,12-14H2,1H3,(H,24,27)/t17?,18?,19-/m1/s1. The fourth-order valence-corrected chi connectivity index (χ4v) is 3.88. The van der Waals surface area contributed by atoms with E-state index < -0.39 is 0 Å². The van der Waals surface area contributed by atoms with Crippen LogP contribution < -0.4 is 10.2 Å². The smallest absolute Gasteiger partial charge is 0.317 e. The molecular formula is C21H25FN4O. The average molecular weight is 368 g/mol. The number of aromatic nitrogens is 1. The Hall–Kier alpha value is -2.63. The lowest BCUT2D eigenvalue weighted by molar-refractivity contribution is 0.182. The molecule has 2 unspecified atom stereocenters. The second-order valence-electron chi connectivity index (χ2n) is 7.49. The third-order valence-corrected chi connectivity index (χ3v) is 5.64. The van der Waals surface area contributed by atoms with Crippen molar-refractivity contribution in [2.45, 2.75) is 37.3 Å². The predicted molar refractivity (Wildman–Crippen MR) is 103 cm³/mol. The van der Waals surface area contributed by atoms with Crippen LogP contribution in [0.25, 0.3) is 0 Å². The zero-order valence-electron chi connectivity index (χ0n) is 15.5. The van der Waals surface area contributed by atoms with E-state index in [0.717, 1.165) is 43.7 Å². The van der Waals surface area contributed by atoms with E-state index in [9.17, 15) is 9.18 Å². The highest BCUT2D eigenvalue weighted by Crippen LogP contribution is 2.40. The van der Waals surface area contributed by atoms with Gasteiger partial charge >= 0.3 is 6.03 Å². The monoisotopic (exact) mass is 368 g/mol. The maximum Gasteiger partial charge on any atom is 0.317 e. The fourth-order valence-electron chi connectivity index (χ4n) is 3.88. The summed E-state index contributed by atoms with van der Waals surface area (Å²) < 4.78 is 13.1. The van der Waals surface area contributed by atoms with Gasteiger partial charge in [0.2, 0.25) is 0 Å². The summed E-state index contributed by atoms with van der Waals surface area (Å²) in [4.78, 5) is 21.2. The van der Waals surface area contributed by atoms with Crippen molar-refractivity contribution in [2.75, 3.05) is 25.0 Å². The van der Waals surface area contributed by atoms with E-state index in [1.165, 1.54) is 12.1 Å². The number of carbonyl (C=O) groups excluding carboxylic acids is 1. The summed E-state index contributed by atoms with van der Waals surface area (Å²) in [6.45, 7) is 1.77. The highest BCUT2D eigenvalue weighted by molar-refractivity contribution is 5.75. The van der Waals surface area contributed by atoms with Crippen molar-refractivity contribution in [1.29, 1.82) is 0 Å². The molecule has 1 aliphatic carbocycles. The summed E-state index contributed by atoms with van der Waals surface area (Å²) in [5.74, 6) is 1.03. The quantitative estimate of drug-likeness (QED) is 0.900. The zero-order valence-corrected chi connectivity index (χ0v) is 15.5. The Morgan fingerprint density at radius 2 is 2.07 bits per heavy atom. The second-order valence-corrected chi connectivity index (χ2v) is 7.49. The number of piperidine rings is 1. The fraction of sp³-hybridized carbons (Fsp3) is 0.429. The number of urea groups is 1. The van der Waals surface area contributed by atoms with Gasteiger partial charge in [-0.3, -0.25) is 0 Å². The number of halogens is 1. The molecule has 142 valence electrons. The molecule has 2 aliphatic rings. The maximum atomic E-state index is 13.1. The van der Waals surface area contributed by atoms with Crippen LogP contribution >= 0.6 is 0 Å². The van der Waals surface area contributed by atoms with Gasteiger partial charge < -0.3 is 15.1 Å². The number of carbonyl (C=O) groups is 1. The first-order chi connectivity index (χ1) is 13.1. The zero-order chi connectivity index (χ0) is 18.8. The normalized spacial score (nSPS) is 24.4. The van der Waals surface area contributed by atoms with Gasteiger partial charge in [0.25, 0.3) is 0 Å². The number of hydrogen-bond acceptors (Lipinski definition) is 3. The Morgan fingerprint density at radius 1 is 1.26 bits per heavy atom. The molecule has 1 N–H and O–H groups in total. The van der Waals surface area contributed by atoms with E-state index >= 15 is 0 Å². The van der Waals surface area contributed by atoms with Crippen LogP contribution in [0.4, 0.5) is 15.0 Å². The highest BCUT2D eigenvalue weighted by Gasteiger charge is 2.40. The van der Waals surface area contributed by atoms with Gasteiger partial charge in [0.15, 0.2) is 0 Å². The number of hydrogen-bond donors (Lipinski definition) is 1. The van der Waals surface area contributed by atoms with E-state index in [4.69, 9.17) is 0 Å². The van der Waals surface area contributed by atoms with Gasteiger partial charge in [-0.1, -0.05) is 18.2 Å². The minimum atomic E-state index is -0.227. The molecule has 1 aliphatic heterocycles. The van der Waals surface area contributed by atoms with Gasteiger partial charge in [-0.15, -0.1) is 0 Å². The molecule has 6 heteroatoms. The molecule has 1 aromatic carbocycles. The van der Waals surface area contributed by atoms with Crippen LogP contribution in [0.1, 0.15) is 30.7 Å². The number of pyridine rings is 1. The summed E-state index contributed by atoms with van der Waals surface area (Å²) >= 11 is 0. The molecule has 4 rings (SSSR count). The van der Waals surface area contributed by atoms with Crippen LogP contribution in [-0.4, -0.2) is 48.1 Å². The van der Waals surface area contributed by atoms with Gasteiger partial charge in [-0.2, -0.15) is 0 Å². The van der Waals surface area contributed by atoms with Crippen molar-refractivity contribution in [1.82, 2.24) is 15.2 Å². The SMILES string of the molecule is CN(C(=O)N[C@@H]1CC1c1ccc(F)cc1)C1CCCN(c2ccccn2)C1. The van der Waals surface area contributed by atoms with Crippen LogP contribution in [0.2, 0.25) is 0 Å². The lowest BCUT2D eigenvalue weighted by Gasteiger charge is -2.38. The number of nitrogens with one attached hydrogen (secondary N) is 1. The largest absolute Gasteiger partial charge is 0.355 e. The van der Waals surface area contributed by atoms with Crippen molar-refractivity contribution >= 4 is 11.8 Å². The van der Waals surface area contributed by atoms with Crippen molar-refractivity contribution < 1.29 is 9.18 Å². The molecular weight excluding hydrogens is 343 g/mol. The van der Waals surface area contributed by atoms with Crippen LogP contribution in [0.3, 0.4) is 0 Å². The Balaban J connectivity index is 1.32. The molecule has 1 aromatic heterocycles. The summed E-state index contributed by atoms with van der Waals surface area (Å²) in [5.41, 5.74) is 1.09. The highest BCUT2D eigenvalue weighted by atomic mass is 19.1. The number of likely N-dealkylation sites (N-methyl/N-ethyl adjacent to an activating group) is 1. The lowest BCUT2D eigenvalue weighted by atomic mass is 10.0. The molecule has 1 saturated heterocycles. The topological polar surface area (TPSA) is 48.5 Å². The van der Waals surface area contributed by atoms with E-state index in [0.29, 0.717) is 5.92 Å². The molecule has 3 atom stereocenters. The van der Waals surface area contributed by atoms with Gasteiger partial charge in [-0.25, -0.2) is 14.2 Å². The molecule has 0 radical (unpaired) electrons. The number of anilines is 1. The molecule has 2 heterocycles. The number of benzene rings is 1. The number of nitrogens with zero attached hydrogens (tertiary/aromatic N) is 3.